The van der Waals surface area contributed by atoms with Gasteiger partial charge in [0.05, 0.1) is 18.7 Å². The average molecular weight is 353 g/mol. The Morgan fingerprint density at radius 1 is 1.32 bits per heavy atom. The summed E-state index contributed by atoms with van der Waals surface area (Å²) in [4.78, 5) is 12.2. The van der Waals surface area contributed by atoms with E-state index in [9.17, 15) is 18.0 Å². The molecule has 0 aliphatic carbocycles. The van der Waals surface area contributed by atoms with Crippen molar-refractivity contribution in [3.63, 3.8) is 0 Å². The number of aromatic nitrogens is 3. The van der Waals surface area contributed by atoms with Gasteiger partial charge < -0.3 is 10.6 Å². The van der Waals surface area contributed by atoms with Crippen molar-refractivity contribution in [2.75, 3.05) is 18.4 Å². The van der Waals surface area contributed by atoms with E-state index in [1.54, 1.807) is 10.9 Å². The molecule has 1 saturated heterocycles. The van der Waals surface area contributed by atoms with Crippen LogP contribution in [0.15, 0.2) is 30.5 Å². The number of carbonyl (C=O) groups is 1. The van der Waals surface area contributed by atoms with E-state index in [1.807, 2.05) is 0 Å². The van der Waals surface area contributed by atoms with Crippen LogP contribution in [0.25, 0.3) is 0 Å². The number of hydrogen-bond acceptors (Lipinski definition) is 4. The SMILES string of the molecule is O=C(Nc1cccc(CC(F)(F)F)c1)c1cn(C2CCNCC2)nn1. The summed E-state index contributed by atoms with van der Waals surface area (Å²) in [7, 11) is 0. The van der Waals surface area contributed by atoms with Crippen molar-refractivity contribution in [2.45, 2.75) is 31.5 Å². The highest BCUT2D eigenvalue weighted by Gasteiger charge is 2.27. The Labute approximate surface area is 142 Å². The lowest BCUT2D eigenvalue weighted by molar-refractivity contribution is -0.127. The summed E-state index contributed by atoms with van der Waals surface area (Å²) in [6.07, 6.45) is -1.94. The van der Waals surface area contributed by atoms with Crippen LogP contribution in [0.1, 0.15) is 34.9 Å². The third-order valence-electron chi connectivity index (χ3n) is 4.02. The maximum atomic E-state index is 12.5. The number of benzene rings is 1. The maximum absolute atomic E-state index is 12.5. The molecule has 1 aliphatic heterocycles. The van der Waals surface area contributed by atoms with Crippen LogP contribution in [0.4, 0.5) is 18.9 Å². The average Bonchev–Trinajstić information content (AvgIpc) is 3.04. The van der Waals surface area contributed by atoms with Crippen molar-refractivity contribution in [3.8, 4) is 0 Å². The molecule has 134 valence electrons. The van der Waals surface area contributed by atoms with Crippen LogP contribution >= 0.6 is 0 Å². The van der Waals surface area contributed by atoms with Gasteiger partial charge in [-0.05, 0) is 43.6 Å². The van der Waals surface area contributed by atoms with Crippen LogP contribution in [-0.2, 0) is 6.42 Å². The molecule has 2 aromatic rings. The lowest BCUT2D eigenvalue weighted by Gasteiger charge is -2.22. The standard InChI is InChI=1S/C16H18F3N5O/c17-16(18,19)9-11-2-1-3-12(8-11)21-15(25)14-10-24(23-22-14)13-4-6-20-7-5-13/h1-3,8,10,13,20H,4-7,9H2,(H,21,25). The number of anilines is 1. The number of alkyl halides is 3. The predicted molar refractivity (Wildman–Crippen MR) is 85.3 cm³/mol. The van der Waals surface area contributed by atoms with Crippen molar-refractivity contribution in [2.24, 2.45) is 0 Å². The number of carbonyl (C=O) groups excluding carboxylic acids is 1. The van der Waals surface area contributed by atoms with Gasteiger partial charge in [-0.1, -0.05) is 17.3 Å². The molecular formula is C16H18F3N5O. The van der Waals surface area contributed by atoms with Gasteiger partial charge in [0.15, 0.2) is 5.69 Å². The summed E-state index contributed by atoms with van der Waals surface area (Å²) in [6, 6.07) is 5.89. The summed E-state index contributed by atoms with van der Waals surface area (Å²) in [5.41, 5.74) is 0.520. The van der Waals surface area contributed by atoms with Gasteiger partial charge in [0.25, 0.3) is 5.91 Å². The fraction of sp³-hybridized carbons (Fsp3) is 0.438. The highest BCUT2D eigenvalue weighted by Crippen LogP contribution is 2.23. The third kappa shape index (κ3) is 4.79. The van der Waals surface area contributed by atoms with Gasteiger partial charge in [-0.15, -0.1) is 5.10 Å². The molecule has 2 heterocycles. The molecule has 0 saturated carbocycles. The van der Waals surface area contributed by atoms with Crippen LogP contribution < -0.4 is 10.6 Å². The van der Waals surface area contributed by atoms with Crippen molar-refractivity contribution in [1.82, 2.24) is 20.3 Å². The van der Waals surface area contributed by atoms with Gasteiger partial charge in [0.1, 0.15) is 0 Å². The normalized spacial score (nSPS) is 16.0. The summed E-state index contributed by atoms with van der Waals surface area (Å²) in [5, 5.41) is 13.7. The van der Waals surface area contributed by atoms with E-state index < -0.39 is 18.5 Å². The number of hydrogen-bond donors (Lipinski definition) is 2. The van der Waals surface area contributed by atoms with Crippen molar-refractivity contribution in [1.29, 1.82) is 0 Å². The minimum Gasteiger partial charge on any atom is -0.321 e. The minimum absolute atomic E-state index is 0.0867. The first-order chi connectivity index (χ1) is 11.9. The Balaban J connectivity index is 1.66. The molecule has 3 rings (SSSR count). The molecule has 2 N–H and O–H groups in total. The summed E-state index contributed by atoms with van der Waals surface area (Å²) in [5.74, 6) is -0.496. The highest BCUT2D eigenvalue weighted by molar-refractivity contribution is 6.02. The second-order valence-electron chi connectivity index (χ2n) is 6.01. The topological polar surface area (TPSA) is 71.8 Å². The van der Waals surface area contributed by atoms with Crippen molar-refractivity contribution >= 4 is 11.6 Å². The molecule has 1 aliphatic rings. The molecule has 0 atom stereocenters. The van der Waals surface area contributed by atoms with E-state index in [0.29, 0.717) is 5.69 Å². The zero-order chi connectivity index (χ0) is 17.9. The Hall–Kier alpha value is -2.42. The first kappa shape index (κ1) is 17.4. The number of halogens is 3. The lowest BCUT2D eigenvalue weighted by atomic mass is 10.1. The fourth-order valence-corrected chi connectivity index (χ4v) is 2.82. The van der Waals surface area contributed by atoms with E-state index in [4.69, 9.17) is 0 Å². The van der Waals surface area contributed by atoms with Gasteiger partial charge >= 0.3 is 6.18 Å². The molecule has 6 nitrogen and oxygen atoms in total. The zero-order valence-electron chi connectivity index (χ0n) is 13.4. The summed E-state index contributed by atoms with van der Waals surface area (Å²) in [6.45, 7) is 1.77. The van der Waals surface area contributed by atoms with Gasteiger partial charge in [-0.25, -0.2) is 4.68 Å². The van der Waals surface area contributed by atoms with E-state index in [1.165, 1.54) is 24.3 Å². The minimum atomic E-state index is -4.29. The fourth-order valence-electron chi connectivity index (χ4n) is 2.82. The van der Waals surface area contributed by atoms with Gasteiger partial charge in [-0.2, -0.15) is 13.2 Å². The van der Waals surface area contributed by atoms with Crippen LogP contribution in [0.2, 0.25) is 0 Å². The van der Waals surface area contributed by atoms with Crippen molar-refractivity contribution in [3.05, 3.63) is 41.7 Å². The van der Waals surface area contributed by atoms with Gasteiger partial charge in [-0.3, -0.25) is 4.79 Å². The second kappa shape index (κ2) is 7.22. The first-order valence-electron chi connectivity index (χ1n) is 8.00. The van der Waals surface area contributed by atoms with Crippen LogP contribution in [0.3, 0.4) is 0 Å². The van der Waals surface area contributed by atoms with E-state index in [2.05, 4.69) is 20.9 Å². The van der Waals surface area contributed by atoms with E-state index in [-0.39, 0.29) is 17.3 Å². The smallest absolute Gasteiger partial charge is 0.321 e. The molecule has 9 heteroatoms. The number of rotatable bonds is 4. The van der Waals surface area contributed by atoms with E-state index >= 15 is 0 Å². The molecule has 0 radical (unpaired) electrons. The third-order valence-corrected chi connectivity index (χ3v) is 4.02. The monoisotopic (exact) mass is 353 g/mol. The van der Waals surface area contributed by atoms with Crippen LogP contribution in [0.5, 0.6) is 0 Å². The lowest BCUT2D eigenvalue weighted by Crippen LogP contribution is -2.29. The van der Waals surface area contributed by atoms with Gasteiger partial charge in [0.2, 0.25) is 0 Å². The molecule has 1 aromatic heterocycles. The van der Waals surface area contributed by atoms with Crippen molar-refractivity contribution < 1.29 is 18.0 Å². The number of nitrogens with zero attached hydrogens (tertiary/aromatic N) is 3. The molecule has 0 bridgehead atoms. The Morgan fingerprint density at radius 2 is 2.08 bits per heavy atom. The number of nitrogens with one attached hydrogen (secondary N) is 2. The number of piperidine rings is 1. The predicted octanol–water partition coefficient (Wildman–Crippen LogP) is 2.56. The Bertz CT molecular complexity index is 737. The van der Waals surface area contributed by atoms with Crippen LogP contribution in [-0.4, -0.2) is 40.2 Å². The molecule has 0 unspecified atom stereocenters. The summed E-state index contributed by atoms with van der Waals surface area (Å²) >= 11 is 0. The molecule has 25 heavy (non-hydrogen) atoms. The Kier molecular flexibility index (Phi) is 5.03. The summed E-state index contributed by atoms with van der Waals surface area (Å²) < 4.78 is 39.1. The molecule has 1 aromatic carbocycles. The second-order valence-corrected chi connectivity index (χ2v) is 6.01. The van der Waals surface area contributed by atoms with Crippen LogP contribution in [0, 0.1) is 0 Å². The largest absolute Gasteiger partial charge is 0.393 e. The molecule has 0 spiro atoms. The Morgan fingerprint density at radius 3 is 2.80 bits per heavy atom. The zero-order valence-corrected chi connectivity index (χ0v) is 13.4. The highest BCUT2D eigenvalue weighted by atomic mass is 19.4. The maximum Gasteiger partial charge on any atom is 0.393 e. The first-order valence-corrected chi connectivity index (χ1v) is 8.00. The van der Waals surface area contributed by atoms with Gasteiger partial charge in [0, 0.05) is 5.69 Å². The quantitative estimate of drug-likeness (QED) is 0.886. The molecule has 1 fully saturated rings. The van der Waals surface area contributed by atoms with E-state index in [0.717, 1.165) is 25.9 Å². The number of amides is 1. The molecule has 1 amide bonds. The molecular weight excluding hydrogens is 335 g/mol.